The molecule has 0 aromatic heterocycles. The normalized spacial score (nSPS) is 14.5. The molecule has 0 spiro atoms. The highest BCUT2D eigenvalue weighted by molar-refractivity contribution is 6.34. The zero-order valence-electron chi connectivity index (χ0n) is 13.8. The van der Waals surface area contributed by atoms with Crippen LogP contribution in [-0.4, -0.2) is 11.8 Å². The minimum atomic E-state index is -0.742. The number of halogens is 2. The molecule has 0 saturated heterocycles. The van der Waals surface area contributed by atoms with E-state index in [1.807, 2.05) is 0 Å². The number of anilines is 1. The summed E-state index contributed by atoms with van der Waals surface area (Å²) in [5.41, 5.74) is 2.11. The van der Waals surface area contributed by atoms with Gasteiger partial charge in [-0.3, -0.25) is 9.59 Å². The molecule has 0 saturated carbocycles. The van der Waals surface area contributed by atoms with E-state index in [-0.39, 0.29) is 29.2 Å². The van der Waals surface area contributed by atoms with Crippen LogP contribution < -0.4 is 9.64 Å². The summed E-state index contributed by atoms with van der Waals surface area (Å²) in [5, 5.41) is 0. The van der Waals surface area contributed by atoms with Crippen LogP contribution in [-0.2, 0) is 6.61 Å². The van der Waals surface area contributed by atoms with Gasteiger partial charge in [-0.2, -0.15) is 0 Å². The maximum absolute atomic E-state index is 14.8. The SMILES string of the molecule is O=C1c2ccccc2C(=O)N1c1cc2c(cc1F)OCc1cc(F)ccc1-2. The number of carbonyl (C=O) groups is 2. The van der Waals surface area contributed by atoms with Crippen molar-refractivity contribution >= 4 is 17.5 Å². The second-order valence-electron chi connectivity index (χ2n) is 6.38. The van der Waals surface area contributed by atoms with Gasteiger partial charge in [0.15, 0.2) is 5.82 Å². The van der Waals surface area contributed by atoms with Crippen molar-refractivity contribution in [2.45, 2.75) is 6.61 Å². The lowest BCUT2D eigenvalue weighted by Crippen LogP contribution is -2.30. The van der Waals surface area contributed by atoms with Gasteiger partial charge < -0.3 is 4.74 Å². The Morgan fingerprint density at radius 3 is 2.22 bits per heavy atom. The molecule has 2 aliphatic rings. The number of hydrogen-bond acceptors (Lipinski definition) is 3. The zero-order valence-corrected chi connectivity index (χ0v) is 13.8. The van der Waals surface area contributed by atoms with Gasteiger partial charge >= 0.3 is 0 Å². The summed E-state index contributed by atoms with van der Waals surface area (Å²) in [7, 11) is 0. The first-order valence-corrected chi connectivity index (χ1v) is 8.27. The maximum atomic E-state index is 14.8. The second-order valence-corrected chi connectivity index (χ2v) is 6.38. The van der Waals surface area contributed by atoms with Gasteiger partial charge in [-0.05, 0) is 35.9 Å². The van der Waals surface area contributed by atoms with Crippen LogP contribution >= 0.6 is 0 Å². The predicted molar refractivity (Wildman–Crippen MR) is 93.7 cm³/mol. The molecule has 132 valence electrons. The summed E-state index contributed by atoms with van der Waals surface area (Å²) >= 11 is 0. The maximum Gasteiger partial charge on any atom is 0.266 e. The lowest BCUT2D eigenvalue weighted by molar-refractivity contribution is 0.0925. The van der Waals surface area contributed by atoms with Crippen molar-refractivity contribution in [3.63, 3.8) is 0 Å². The Morgan fingerprint density at radius 2 is 1.52 bits per heavy atom. The molecule has 27 heavy (non-hydrogen) atoms. The number of imide groups is 1. The standard InChI is InChI=1S/C21H11F2NO3/c22-12-5-6-13-11(7-12)10-27-19-9-17(23)18(8-16(13)19)24-20(25)14-3-1-2-4-15(14)21(24)26/h1-9H,10H2. The highest BCUT2D eigenvalue weighted by Crippen LogP contribution is 2.42. The summed E-state index contributed by atoms with van der Waals surface area (Å²) in [6, 6.07) is 13.2. The Labute approximate surface area is 152 Å². The minimum absolute atomic E-state index is 0.117. The molecule has 2 heterocycles. The van der Waals surface area contributed by atoms with E-state index < -0.39 is 23.4 Å². The molecule has 0 fully saturated rings. The van der Waals surface area contributed by atoms with E-state index in [0.29, 0.717) is 16.7 Å². The van der Waals surface area contributed by atoms with Crippen LogP contribution in [0.1, 0.15) is 26.3 Å². The zero-order chi connectivity index (χ0) is 18.7. The Hall–Kier alpha value is -3.54. The summed E-state index contributed by atoms with van der Waals surface area (Å²) < 4.78 is 33.8. The average Bonchev–Trinajstić information content (AvgIpc) is 2.92. The van der Waals surface area contributed by atoms with E-state index in [0.717, 1.165) is 11.0 Å². The van der Waals surface area contributed by atoms with Crippen molar-refractivity contribution in [1.29, 1.82) is 0 Å². The van der Waals surface area contributed by atoms with Gasteiger partial charge in [-0.15, -0.1) is 0 Å². The number of nitrogens with zero attached hydrogens (tertiary/aromatic N) is 1. The van der Waals surface area contributed by atoms with Crippen molar-refractivity contribution in [2.75, 3.05) is 4.90 Å². The number of ether oxygens (including phenoxy) is 1. The largest absolute Gasteiger partial charge is 0.488 e. The molecule has 0 unspecified atom stereocenters. The molecule has 5 rings (SSSR count). The van der Waals surface area contributed by atoms with Crippen molar-refractivity contribution < 1.29 is 23.1 Å². The molecule has 0 N–H and O–H groups in total. The van der Waals surface area contributed by atoms with Crippen LogP contribution in [0.25, 0.3) is 11.1 Å². The number of fused-ring (bicyclic) bond motifs is 4. The molecule has 2 aliphatic heterocycles. The van der Waals surface area contributed by atoms with Crippen molar-refractivity contribution in [2.24, 2.45) is 0 Å². The van der Waals surface area contributed by atoms with Gasteiger partial charge in [0.1, 0.15) is 18.2 Å². The van der Waals surface area contributed by atoms with Crippen LogP contribution in [0.3, 0.4) is 0 Å². The lowest BCUT2D eigenvalue weighted by Gasteiger charge is -2.23. The fraction of sp³-hybridized carbons (Fsp3) is 0.0476. The lowest BCUT2D eigenvalue weighted by atomic mass is 9.96. The van der Waals surface area contributed by atoms with E-state index in [1.165, 1.54) is 30.3 Å². The molecule has 0 aliphatic carbocycles. The molecule has 3 aromatic rings. The Kier molecular flexibility index (Phi) is 3.18. The van der Waals surface area contributed by atoms with Gasteiger partial charge in [0.2, 0.25) is 0 Å². The van der Waals surface area contributed by atoms with Crippen molar-refractivity contribution in [3.8, 4) is 16.9 Å². The third-order valence-corrected chi connectivity index (χ3v) is 4.82. The molecule has 6 heteroatoms. The van der Waals surface area contributed by atoms with Crippen molar-refractivity contribution in [1.82, 2.24) is 0 Å². The first kappa shape index (κ1) is 15.7. The second kappa shape index (κ2) is 5.48. The van der Waals surface area contributed by atoms with Gasteiger partial charge in [0, 0.05) is 17.2 Å². The highest BCUT2D eigenvalue weighted by Gasteiger charge is 2.38. The molecular formula is C21H11F2NO3. The van der Waals surface area contributed by atoms with Crippen molar-refractivity contribution in [3.05, 3.63) is 82.9 Å². The monoisotopic (exact) mass is 363 g/mol. The van der Waals surface area contributed by atoms with Gasteiger partial charge in [-0.25, -0.2) is 13.7 Å². The Bertz CT molecular complexity index is 1120. The Morgan fingerprint density at radius 1 is 0.815 bits per heavy atom. The molecule has 4 nitrogen and oxygen atoms in total. The molecule has 0 bridgehead atoms. The number of hydrogen-bond donors (Lipinski definition) is 0. The van der Waals surface area contributed by atoms with E-state index in [9.17, 15) is 18.4 Å². The Balaban J connectivity index is 1.68. The minimum Gasteiger partial charge on any atom is -0.488 e. The average molecular weight is 363 g/mol. The van der Waals surface area contributed by atoms with Gasteiger partial charge in [0.05, 0.1) is 16.8 Å². The fourth-order valence-corrected chi connectivity index (χ4v) is 3.55. The molecule has 0 radical (unpaired) electrons. The molecule has 3 aromatic carbocycles. The first-order valence-electron chi connectivity index (χ1n) is 8.27. The van der Waals surface area contributed by atoms with Gasteiger partial charge in [0.25, 0.3) is 11.8 Å². The van der Waals surface area contributed by atoms with Crippen LogP contribution in [0.15, 0.2) is 54.6 Å². The number of amides is 2. The molecular weight excluding hydrogens is 352 g/mol. The third kappa shape index (κ3) is 2.19. The van der Waals surface area contributed by atoms with Crippen LogP contribution in [0, 0.1) is 11.6 Å². The van der Waals surface area contributed by atoms with E-state index in [4.69, 9.17) is 4.74 Å². The molecule has 0 atom stereocenters. The number of benzene rings is 3. The summed E-state index contributed by atoms with van der Waals surface area (Å²) in [6.45, 7) is 0.117. The van der Waals surface area contributed by atoms with Gasteiger partial charge in [-0.1, -0.05) is 18.2 Å². The molecule has 2 amide bonds. The topological polar surface area (TPSA) is 46.6 Å². The van der Waals surface area contributed by atoms with Crippen LogP contribution in [0.2, 0.25) is 0 Å². The quantitative estimate of drug-likeness (QED) is 0.605. The fourth-order valence-electron chi connectivity index (χ4n) is 3.55. The van der Waals surface area contributed by atoms with E-state index >= 15 is 0 Å². The summed E-state index contributed by atoms with van der Waals surface area (Å²) in [6.07, 6.45) is 0. The summed E-state index contributed by atoms with van der Waals surface area (Å²) in [4.78, 5) is 26.2. The first-order chi connectivity index (χ1) is 13.0. The highest BCUT2D eigenvalue weighted by atomic mass is 19.1. The number of carbonyl (C=O) groups excluding carboxylic acids is 2. The van der Waals surface area contributed by atoms with E-state index in [1.54, 1.807) is 18.2 Å². The third-order valence-electron chi connectivity index (χ3n) is 4.82. The smallest absolute Gasteiger partial charge is 0.266 e. The van der Waals surface area contributed by atoms with E-state index in [2.05, 4.69) is 0 Å². The predicted octanol–water partition coefficient (Wildman–Crippen LogP) is 4.32. The van der Waals surface area contributed by atoms with Crippen LogP contribution in [0.4, 0.5) is 14.5 Å². The summed E-state index contributed by atoms with van der Waals surface area (Å²) in [5.74, 6) is -2.01. The van der Waals surface area contributed by atoms with Crippen LogP contribution in [0.5, 0.6) is 5.75 Å². The number of rotatable bonds is 1.